The van der Waals surface area contributed by atoms with Crippen LogP contribution in [0.25, 0.3) is 0 Å². The summed E-state index contributed by atoms with van der Waals surface area (Å²) in [5.41, 5.74) is 4.46. The van der Waals surface area contributed by atoms with Crippen molar-refractivity contribution in [1.82, 2.24) is 0 Å². The fraction of sp³-hybridized carbons (Fsp3) is 0.130. The summed E-state index contributed by atoms with van der Waals surface area (Å²) in [5.74, 6) is -6.51. The standard InChI is InChI=1S/C23H13Cl5F3N3O2/c24-9-1-8(2-10(25)3-9)18-19(23(18,27)28)22(36)33-11-4-12(20(26)15(31)5-11)21(35)34-17-7-16(32)13(29)6-14(17)30/h1-7,18-19H,32H2,(H,33,36)(H,34,35)/t18-,19+/m0/s1. The number of carbonyl (C=O) groups excluding carboxylic acids is 2. The van der Waals surface area contributed by atoms with Gasteiger partial charge in [0.2, 0.25) is 5.91 Å². The second-order valence-corrected chi connectivity index (χ2v) is 10.6. The molecule has 1 aliphatic carbocycles. The number of hydrogen-bond donors (Lipinski definition) is 3. The van der Waals surface area contributed by atoms with Crippen molar-refractivity contribution in [2.75, 3.05) is 16.4 Å². The molecule has 1 aliphatic rings. The highest BCUT2D eigenvalue weighted by Crippen LogP contribution is 2.65. The molecule has 1 saturated carbocycles. The summed E-state index contributed by atoms with van der Waals surface area (Å²) in [6, 6.07) is 7.92. The molecule has 0 bridgehead atoms. The molecule has 4 N–H and O–H groups in total. The summed E-state index contributed by atoms with van der Waals surface area (Å²) < 4.78 is 40.4. The molecule has 0 spiro atoms. The van der Waals surface area contributed by atoms with Crippen LogP contribution < -0.4 is 16.4 Å². The van der Waals surface area contributed by atoms with Crippen molar-refractivity contribution in [3.63, 3.8) is 0 Å². The van der Waals surface area contributed by atoms with Gasteiger partial charge in [0.25, 0.3) is 5.91 Å². The summed E-state index contributed by atoms with van der Waals surface area (Å²) in [4.78, 5) is 25.6. The average Bonchev–Trinajstić information content (AvgIpc) is 3.35. The number of benzene rings is 3. The van der Waals surface area contributed by atoms with Gasteiger partial charge < -0.3 is 16.4 Å². The topological polar surface area (TPSA) is 84.2 Å². The van der Waals surface area contributed by atoms with Crippen LogP contribution in [0, 0.1) is 23.4 Å². The second-order valence-electron chi connectivity index (χ2n) is 7.95. The number of amides is 2. The van der Waals surface area contributed by atoms with Crippen LogP contribution in [0.15, 0.2) is 42.5 Å². The van der Waals surface area contributed by atoms with Gasteiger partial charge >= 0.3 is 0 Å². The van der Waals surface area contributed by atoms with Crippen molar-refractivity contribution < 1.29 is 22.8 Å². The molecule has 188 valence electrons. The highest BCUT2D eigenvalue weighted by Gasteiger charge is 2.67. The number of rotatable bonds is 5. The monoisotopic (exact) mass is 595 g/mol. The van der Waals surface area contributed by atoms with Gasteiger partial charge in [0.15, 0.2) is 0 Å². The predicted molar refractivity (Wildman–Crippen MR) is 136 cm³/mol. The van der Waals surface area contributed by atoms with Gasteiger partial charge in [-0.25, -0.2) is 13.2 Å². The Morgan fingerprint density at radius 3 is 2.11 bits per heavy atom. The lowest BCUT2D eigenvalue weighted by molar-refractivity contribution is -0.117. The second kappa shape index (κ2) is 9.84. The molecule has 5 nitrogen and oxygen atoms in total. The Morgan fingerprint density at radius 2 is 1.47 bits per heavy atom. The number of nitrogens with two attached hydrogens (primary N) is 1. The maximum atomic E-state index is 14.5. The smallest absolute Gasteiger partial charge is 0.257 e. The number of nitrogens with one attached hydrogen (secondary N) is 2. The Bertz CT molecular complexity index is 1400. The first kappa shape index (κ1) is 26.7. The van der Waals surface area contributed by atoms with Crippen LogP contribution in [0.3, 0.4) is 0 Å². The van der Waals surface area contributed by atoms with E-state index in [9.17, 15) is 22.8 Å². The van der Waals surface area contributed by atoms with E-state index in [0.29, 0.717) is 21.7 Å². The largest absolute Gasteiger partial charge is 0.396 e. The number of anilines is 3. The molecule has 0 saturated heterocycles. The lowest BCUT2D eigenvalue weighted by atomic mass is 10.1. The predicted octanol–water partition coefficient (Wildman–Crippen LogP) is 7.42. The van der Waals surface area contributed by atoms with E-state index in [0.717, 1.165) is 18.2 Å². The van der Waals surface area contributed by atoms with Gasteiger partial charge in [-0.15, -0.1) is 23.2 Å². The first-order valence-corrected chi connectivity index (χ1v) is 11.9. The van der Waals surface area contributed by atoms with E-state index in [1.54, 1.807) is 12.1 Å². The van der Waals surface area contributed by atoms with Gasteiger partial charge in [-0.05, 0) is 42.0 Å². The van der Waals surface area contributed by atoms with E-state index in [-0.39, 0.29) is 5.69 Å². The Labute approximate surface area is 227 Å². The molecule has 0 radical (unpaired) electrons. The van der Waals surface area contributed by atoms with Crippen LogP contribution in [0.2, 0.25) is 15.1 Å². The zero-order chi connectivity index (χ0) is 26.5. The molecule has 3 aromatic rings. The van der Waals surface area contributed by atoms with Gasteiger partial charge in [-0.2, -0.15) is 0 Å². The number of alkyl halides is 2. The van der Waals surface area contributed by atoms with E-state index in [1.807, 2.05) is 0 Å². The highest BCUT2D eigenvalue weighted by molar-refractivity contribution is 6.53. The maximum Gasteiger partial charge on any atom is 0.257 e. The average molecular weight is 598 g/mol. The van der Waals surface area contributed by atoms with Crippen molar-refractivity contribution in [1.29, 1.82) is 0 Å². The van der Waals surface area contributed by atoms with E-state index < -0.39 is 67.4 Å². The Balaban J connectivity index is 1.57. The molecular weight excluding hydrogens is 585 g/mol. The van der Waals surface area contributed by atoms with Crippen molar-refractivity contribution in [3.8, 4) is 0 Å². The third-order valence-corrected chi connectivity index (χ3v) is 7.22. The van der Waals surface area contributed by atoms with Gasteiger partial charge in [-0.1, -0.05) is 34.8 Å². The third kappa shape index (κ3) is 5.19. The van der Waals surface area contributed by atoms with Crippen molar-refractivity contribution >= 4 is 86.9 Å². The normalized spacial score (nSPS) is 18.0. The van der Waals surface area contributed by atoms with E-state index >= 15 is 0 Å². The van der Waals surface area contributed by atoms with Crippen LogP contribution in [0.1, 0.15) is 21.8 Å². The van der Waals surface area contributed by atoms with Crippen LogP contribution in [0.5, 0.6) is 0 Å². The summed E-state index contributed by atoms with van der Waals surface area (Å²) in [5, 5.41) is 4.64. The quantitative estimate of drug-likeness (QED) is 0.211. The van der Waals surface area contributed by atoms with Crippen molar-refractivity contribution in [2.24, 2.45) is 5.92 Å². The Hall–Kier alpha value is -2.36. The van der Waals surface area contributed by atoms with Crippen LogP contribution in [0.4, 0.5) is 30.2 Å². The van der Waals surface area contributed by atoms with Gasteiger partial charge in [-0.3, -0.25) is 9.59 Å². The molecule has 2 amide bonds. The number of nitrogen functional groups attached to an aromatic ring is 1. The SMILES string of the molecule is Nc1cc(NC(=O)c2cc(NC(=O)[C@H]3[C@H](c4cc(Cl)cc(Cl)c4)C3(Cl)Cl)cc(F)c2Cl)c(F)cc1F. The lowest BCUT2D eigenvalue weighted by Gasteiger charge is -2.12. The minimum atomic E-state index is -1.50. The number of carbonyl (C=O) groups is 2. The lowest BCUT2D eigenvalue weighted by Crippen LogP contribution is -2.19. The number of halogens is 8. The summed E-state index contributed by atoms with van der Waals surface area (Å²) >= 11 is 30.6. The summed E-state index contributed by atoms with van der Waals surface area (Å²) in [6.07, 6.45) is 0. The summed E-state index contributed by atoms with van der Waals surface area (Å²) in [6.45, 7) is 0. The first-order valence-electron chi connectivity index (χ1n) is 9.99. The molecule has 3 aromatic carbocycles. The van der Waals surface area contributed by atoms with Gasteiger partial charge in [0, 0.05) is 27.7 Å². The van der Waals surface area contributed by atoms with E-state index in [2.05, 4.69) is 10.6 Å². The molecule has 0 unspecified atom stereocenters. The maximum absolute atomic E-state index is 14.5. The van der Waals surface area contributed by atoms with Crippen LogP contribution >= 0.6 is 58.0 Å². The van der Waals surface area contributed by atoms with Gasteiger partial charge in [0.1, 0.15) is 21.8 Å². The van der Waals surface area contributed by atoms with Crippen molar-refractivity contribution in [3.05, 3.63) is 86.1 Å². The molecule has 2 atom stereocenters. The van der Waals surface area contributed by atoms with E-state index in [1.165, 1.54) is 6.07 Å². The molecule has 0 aromatic heterocycles. The minimum Gasteiger partial charge on any atom is -0.396 e. The van der Waals surface area contributed by atoms with E-state index in [4.69, 9.17) is 63.7 Å². The molecule has 0 aliphatic heterocycles. The van der Waals surface area contributed by atoms with Crippen LogP contribution in [-0.2, 0) is 4.79 Å². The molecule has 13 heteroatoms. The van der Waals surface area contributed by atoms with Gasteiger partial charge in [0.05, 0.1) is 27.9 Å². The molecule has 36 heavy (non-hydrogen) atoms. The van der Waals surface area contributed by atoms with Crippen LogP contribution in [-0.4, -0.2) is 16.1 Å². The minimum absolute atomic E-state index is 0.148. The highest BCUT2D eigenvalue weighted by atomic mass is 35.5. The number of hydrogen-bond acceptors (Lipinski definition) is 3. The molecular formula is C23H13Cl5F3N3O2. The molecule has 0 heterocycles. The van der Waals surface area contributed by atoms with Crippen molar-refractivity contribution in [2.45, 2.75) is 10.3 Å². The zero-order valence-electron chi connectivity index (χ0n) is 17.6. The fourth-order valence-electron chi connectivity index (χ4n) is 3.72. The Kier molecular flexibility index (Phi) is 7.29. The first-order chi connectivity index (χ1) is 16.8. The summed E-state index contributed by atoms with van der Waals surface area (Å²) in [7, 11) is 0. The fourth-order valence-corrected chi connectivity index (χ4v) is 5.29. The molecule has 1 fully saturated rings. The zero-order valence-corrected chi connectivity index (χ0v) is 21.4. The third-order valence-electron chi connectivity index (χ3n) is 5.45. The Morgan fingerprint density at radius 1 is 0.833 bits per heavy atom. The molecule has 4 rings (SSSR count).